The van der Waals surface area contributed by atoms with E-state index in [0.717, 1.165) is 11.8 Å². The van der Waals surface area contributed by atoms with E-state index >= 15 is 0 Å². The van der Waals surface area contributed by atoms with Gasteiger partial charge in [0, 0.05) is 0 Å². The summed E-state index contributed by atoms with van der Waals surface area (Å²) in [7, 11) is 0. The van der Waals surface area contributed by atoms with Gasteiger partial charge in [-0.1, -0.05) is 23.9 Å². The van der Waals surface area contributed by atoms with Gasteiger partial charge in [0.05, 0.1) is 23.6 Å². The number of H-pyrrole nitrogens is 1. The van der Waals surface area contributed by atoms with Crippen molar-refractivity contribution in [3.63, 3.8) is 0 Å². The Morgan fingerprint density at radius 2 is 2.04 bits per heavy atom. The van der Waals surface area contributed by atoms with Crippen molar-refractivity contribution in [2.75, 3.05) is 17.7 Å². The molecular weight excluding hydrogens is 332 g/mol. The number of carbonyl (C=O) groups is 2. The standard InChI is InChI=1S/C15H16N4O4S/c1-3-23-14(22)10-6-4-5-7-11(10)16-12(20)8-24-15-17-13(21)9(2)18-19-15/h4-7H,3,8H2,1-2H3,(H,16,20)(H,17,19,21). The van der Waals surface area contributed by atoms with Crippen molar-refractivity contribution in [3.05, 3.63) is 45.9 Å². The van der Waals surface area contributed by atoms with Crippen molar-refractivity contribution in [2.24, 2.45) is 0 Å². The van der Waals surface area contributed by atoms with Gasteiger partial charge in [0.25, 0.3) is 5.56 Å². The molecule has 0 aliphatic heterocycles. The summed E-state index contributed by atoms with van der Waals surface area (Å²) in [4.78, 5) is 37.9. The second kappa shape index (κ2) is 8.25. The number of aromatic nitrogens is 3. The van der Waals surface area contributed by atoms with Crippen molar-refractivity contribution in [1.82, 2.24) is 15.2 Å². The molecule has 2 aromatic rings. The van der Waals surface area contributed by atoms with Gasteiger partial charge in [-0.2, -0.15) is 0 Å². The Morgan fingerprint density at radius 1 is 1.29 bits per heavy atom. The molecule has 0 radical (unpaired) electrons. The Hall–Kier alpha value is -2.68. The van der Waals surface area contributed by atoms with Crippen LogP contribution >= 0.6 is 11.8 Å². The van der Waals surface area contributed by atoms with Crippen LogP contribution in [0.15, 0.2) is 34.2 Å². The smallest absolute Gasteiger partial charge is 0.340 e. The molecule has 9 heteroatoms. The van der Waals surface area contributed by atoms with Crippen LogP contribution in [0.5, 0.6) is 0 Å². The van der Waals surface area contributed by atoms with Gasteiger partial charge in [0.2, 0.25) is 5.91 Å². The van der Waals surface area contributed by atoms with Gasteiger partial charge in [-0.05, 0) is 26.0 Å². The molecule has 2 rings (SSSR count). The van der Waals surface area contributed by atoms with Gasteiger partial charge in [-0.3, -0.25) is 14.6 Å². The maximum atomic E-state index is 12.0. The Balaban J connectivity index is 2.01. The van der Waals surface area contributed by atoms with Crippen LogP contribution in [0.25, 0.3) is 0 Å². The van der Waals surface area contributed by atoms with Gasteiger partial charge in [0.1, 0.15) is 5.69 Å². The first-order chi connectivity index (χ1) is 11.5. The third-order valence-corrected chi connectivity index (χ3v) is 3.74. The lowest BCUT2D eigenvalue weighted by molar-refractivity contribution is -0.113. The molecule has 0 saturated heterocycles. The summed E-state index contributed by atoms with van der Waals surface area (Å²) < 4.78 is 4.95. The van der Waals surface area contributed by atoms with Crippen molar-refractivity contribution in [3.8, 4) is 0 Å². The van der Waals surface area contributed by atoms with Gasteiger partial charge < -0.3 is 10.1 Å². The average molecular weight is 348 g/mol. The number of hydrogen-bond acceptors (Lipinski definition) is 7. The van der Waals surface area contributed by atoms with Gasteiger partial charge in [-0.25, -0.2) is 4.79 Å². The molecule has 0 atom stereocenters. The van der Waals surface area contributed by atoms with Crippen molar-refractivity contribution in [2.45, 2.75) is 19.0 Å². The molecule has 1 heterocycles. The van der Waals surface area contributed by atoms with Gasteiger partial charge in [0.15, 0.2) is 5.16 Å². The molecule has 24 heavy (non-hydrogen) atoms. The molecule has 126 valence electrons. The SMILES string of the molecule is CCOC(=O)c1ccccc1NC(=O)CSc1nnc(C)c(=O)[nH]1. The molecule has 0 spiro atoms. The molecule has 2 N–H and O–H groups in total. The molecule has 0 aliphatic carbocycles. The average Bonchev–Trinajstić information content (AvgIpc) is 2.56. The zero-order valence-corrected chi connectivity index (χ0v) is 14.0. The number of anilines is 1. The number of aromatic amines is 1. The van der Waals surface area contributed by atoms with Crippen LogP contribution in [0.3, 0.4) is 0 Å². The lowest BCUT2D eigenvalue weighted by atomic mass is 10.2. The quantitative estimate of drug-likeness (QED) is 0.599. The van der Waals surface area contributed by atoms with Crippen LogP contribution in [0.4, 0.5) is 5.69 Å². The summed E-state index contributed by atoms with van der Waals surface area (Å²) in [5.41, 5.74) is 0.555. The Morgan fingerprint density at radius 3 is 2.75 bits per heavy atom. The summed E-state index contributed by atoms with van der Waals surface area (Å²) in [6, 6.07) is 6.57. The van der Waals surface area contributed by atoms with E-state index in [1.807, 2.05) is 0 Å². The predicted molar refractivity (Wildman–Crippen MR) is 89.1 cm³/mol. The summed E-state index contributed by atoms with van der Waals surface area (Å²) in [5, 5.41) is 10.4. The molecule has 0 unspecified atom stereocenters. The Kier molecular flexibility index (Phi) is 6.07. The number of aryl methyl sites for hydroxylation is 1. The zero-order valence-electron chi connectivity index (χ0n) is 13.2. The minimum atomic E-state index is -0.505. The predicted octanol–water partition coefficient (Wildman–Crippen LogP) is 1.38. The van der Waals surface area contributed by atoms with E-state index in [9.17, 15) is 14.4 Å². The molecule has 8 nitrogen and oxygen atoms in total. The molecule has 1 aromatic carbocycles. The first kappa shape index (κ1) is 17.7. The number of para-hydroxylation sites is 1. The maximum absolute atomic E-state index is 12.0. The zero-order chi connectivity index (χ0) is 17.5. The minimum Gasteiger partial charge on any atom is -0.462 e. The second-order valence-corrected chi connectivity index (χ2v) is 5.61. The number of thioether (sulfide) groups is 1. The monoisotopic (exact) mass is 348 g/mol. The van der Waals surface area contributed by atoms with Crippen LogP contribution in [-0.4, -0.2) is 39.4 Å². The third-order valence-electron chi connectivity index (χ3n) is 2.88. The highest BCUT2D eigenvalue weighted by molar-refractivity contribution is 7.99. The van der Waals surface area contributed by atoms with Crippen LogP contribution in [-0.2, 0) is 9.53 Å². The van der Waals surface area contributed by atoms with Crippen LogP contribution in [0.1, 0.15) is 23.0 Å². The summed E-state index contributed by atoms with van der Waals surface area (Å²) in [6.45, 7) is 3.49. The number of esters is 1. The van der Waals surface area contributed by atoms with Crippen LogP contribution < -0.4 is 10.9 Å². The van der Waals surface area contributed by atoms with E-state index in [1.54, 1.807) is 38.1 Å². The normalized spacial score (nSPS) is 10.2. The highest BCUT2D eigenvalue weighted by Gasteiger charge is 2.14. The van der Waals surface area contributed by atoms with E-state index in [0.29, 0.717) is 5.69 Å². The van der Waals surface area contributed by atoms with Crippen molar-refractivity contribution >= 4 is 29.3 Å². The molecule has 0 saturated carbocycles. The Labute approximate surface area is 142 Å². The highest BCUT2D eigenvalue weighted by Crippen LogP contribution is 2.17. The largest absolute Gasteiger partial charge is 0.462 e. The number of amides is 1. The summed E-state index contributed by atoms with van der Waals surface area (Å²) in [5.74, 6) is -0.847. The van der Waals surface area contributed by atoms with Gasteiger partial charge in [-0.15, -0.1) is 10.2 Å². The van der Waals surface area contributed by atoms with Crippen molar-refractivity contribution < 1.29 is 14.3 Å². The number of ether oxygens (including phenoxy) is 1. The van der Waals surface area contributed by atoms with E-state index in [2.05, 4.69) is 20.5 Å². The molecule has 0 fully saturated rings. The molecule has 1 amide bonds. The molecular formula is C15H16N4O4S. The topological polar surface area (TPSA) is 114 Å². The summed E-state index contributed by atoms with van der Waals surface area (Å²) >= 11 is 1.04. The van der Waals surface area contributed by atoms with E-state index in [1.165, 1.54) is 0 Å². The highest BCUT2D eigenvalue weighted by atomic mass is 32.2. The minimum absolute atomic E-state index is 0.00480. The van der Waals surface area contributed by atoms with E-state index in [-0.39, 0.29) is 40.2 Å². The summed E-state index contributed by atoms with van der Waals surface area (Å²) in [6.07, 6.45) is 0. The second-order valence-electron chi connectivity index (χ2n) is 4.65. The fraction of sp³-hybridized carbons (Fsp3) is 0.267. The third kappa shape index (κ3) is 4.66. The van der Waals surface area contributed by atoms with Gasteiger partial charge >= 0.3 is 5.97 Å². The van der Waals surface area contributed by atoms with E-state index < -0.39 is 5.97 Å². The first-order valence-corrected chi connectivity index (χ1v) is 8.12. The molecule has 0 bridgehead atoms. The fourth-order valence-corrected chi connectivity index (χ4v) is 2.35. The lowest BCUT2D eigenvalue weighted by Gasteiger charge is -2.10. The van der Waals surface area contributed by atoms with Crippen LogP contribution in [0, 0.1) is 6.92 Å². The number of benzene rings is 1. The van der Waals surface area contributed by atoms with E-state index in [4.69, 9.17) is 4.74 Å². The number of carbonyl (C=O) groups excluding carboxylic acids is 2. The number of nitrogens with one attached hydrogen (secondary N) is 2. The lowest BCUT2D eigenvalue weighted by Crippen LogP contribution is -2.19. The first-order valence-electron chi connectivity index (χ1n) is 7.13. The maximum Gasteiger partial charge on any atom is 0.340 e. The van der Waals surface area contributed by atoms with Crippen molar-refractivity contribution in [1.29, 1.82) is 0 Å². The number of rotatable bonds is 6. The number of nitrogens with zero attached hydrogens (tertiary/aromatic N) is 2. The number of hydrogen-bond donors (Lipinski definition) is 2. The molecule has 0 aliphatic rings. The Bertz CT molecular complexity index is 806. The fourth-order valence-electron chi connectivity index (χ4n) is 1.74. The molecule has 1 aromatic heterocycles. The van der Waals surface area contributed by atoms with Crippen LogP contribution in [0.2, 0.25) is 0 Å².